The standard InChI is InChI=1S/C14H19N3O/c1-17-12-6-5-10(18-2)9-11(12)16-13(17)14(15)7-3-4-8-14/h5-6,9H,3-4,7-8,15H2,1-2H3. The molecule has 1 aromatic carbocycles. The van der Waals surface area contributed by atoms with Crippen molar-refractivity contribution in [1.29, 1.82) is 0 Å². The highest BCUT2D eigenvalue weighted by Crippen LogP contribution is 2.37. The summed E-state index contributed by atoms with van der Waals surface area (Å²) < 4.78 is 7.37. The average molecular weight is 245 g/mol. The van der Waals surface area contributed by atoms with Crippen LogP contribution in [0.3, 0.4) is 0 Å². The fraction of sp³-hybridized carbons (Fsp3) is 0.500. The lowest BCUT2D eigenvalue weighted by atomic mass is 9.98. The van der Waals surface area contributed by atoms with Gasteiger partial charge in [-0.15, -0.1) is 0 Å². The first kappa shape index (κ1) is 11.5. The summed E-state index contributed by atoms with van der Waals surface area (Å²) in [5, 5.41) is 0. The number of aryl methyl sites for hydroxylation is 1. The number of fused-ring (bicyclic) bond motifs is 1. The predicted molar refractivity (Wildman–Crippen MR) is 71.6 cm³/mol. The molecule has 0 unspecified atom stereocenters. The minimum atomic E-state index is -0.249. The van der Waals surface area contributed by atoms with Gasteiger partial charge in [-0.05, 0) is 25.0 Å². The van der Waals surface area contributed by atoms with Crippen LogP contribution in [0.5, 0.6) is 5.75 Å². The second-order valence-corrected chi connectivity index (χ2v) is 5.21. The number of nitrogens with two attached hydrogens (primary N) is 1. The van der Waals surface area contributed by atoms with Gasteiger partial charge in [-0.3, -0.25) is 0 Å². The van der Waals surface area contributed by atoms with Gasteiger partial charge in [0, 0.05) is 13.1 Å². The van der Waals surface area contributed by atoms with E-state index in [1.807, 2.05) is 25.2 Å². The zero-order valence-corrected chi connectivity index (χ0v) is 10.9. The Morgan fingerprint density at radius 3 is 2.72 bits per heavy atom. The lowest BCUT2D eigenvalue weighted by molar-refractivity contribution is 0.415. The fourth-order valence-corrected chi connectivity index (χ4v) is 2.98. The van der Waals surface area contributed by atoms with E-state index in [4.69, 9.17) is 15.5 Å². The maximum Gasteiger partial charge on any atom is 0.129 e. The first-order chi connectivity index (χ1) is 8.64. The van der Waals surface area contributed by atoms with Crippen molar-refractivity contribution >= 4 is 11.0 Å². The van der Waals surface area contributed by atoms with Gasteiger partial charge in [0.1, 0.15) is 11.6 Å². The Kier molecular flexibility index (Phi) is 2.55. The molecule has 0 amide bonds. The summed E-state index contributed by atoms with van der Waals surface area (Å²) in [4.78, 5) is 4.73. The number of aromatic nitrogens is 2. The number of hydrogen-bond donors (Lipinski definition) is 1. The molecule has 1 aliphatic rings. The highest BCUT2D eigenvalue weighted by atomic mass is 16.5. The van der Waals surface area contributed by atoms with E-state index in [0.29, 0.717) is 0 Å². The van der Waals surface area contributed by atoms with E-state index in [9.17, 15) is 0 Å². The topological polar surface area (TPSA) is 53.1 Å². The van der Waals surface area contributed by atoms with Crippen molar-refractivity contribution in [2.24, 2.45) is 12.8 Å². The first-order valence-electron chi connectivity index (χ1n) is 6.44. The van der Waals surface area contributed by atoms with Crippen molar-refractivity contribution in [2.75, 3.05) is 7.11 Å². The Morgan fingerprint density at radius 1 is 1.33 bits per heavy atom. The van der Waals surface area contributed by atoms with Crippen LogP contribution >= 0.6 is 0 Å². The molecule has 4 heteroatoms. The zero-order valence-electron chi connectivity index (χ0n) is 10.9. The molecule has 4 nitrogen and oxygen atoms in total. The maximum absolute atomic E-state index is 6.50. The van der Waals surface area contributed by atoms with Crippen LogP contribution in [-0.4, -0.2) is 16.7 Å². The number of imidazole rings is 1. The van der Waals surface area contributed by atoms with Crippen LogP contribution in [0, 0.1) is 0 Å². The van der Waals surface area contributed by atoms with Crippen molar-refractivity contribution in [3.63, 3.8) is 0 Å². The van der Waals surface area contributed by atoms with Crippen LogP contribution in [0.1, 0.15) is 31.5 Å². The van der Waals surface area contributed by atoms with Crippen LogP contribution in [0.2, 0.25) is 0 Å². The normalized spacial score (nSPS) is 18.4. The third-order valence-corrected chi connectivity index (χ3v) is 4.03. The van der Waals surface area contributed by atoms with Gasteiger partial charge in [0.2, 0.25) is 0 Å². The van der Waals surface area contributed by atoms with Crippen molar-refractivity contribution in [2.45, 2.75) is 31.2 Å². The van der Waals surface area contributed by atoms with Gasteiger partial charge >= 0.3 is 0 Å². The van der Waals surface area contributed by atoms with E-state index in [1.165, 1.54) is 12.8 Å². The number of ether oxygens (including phenoxy) is 1. The van der Waals surface area contributed by atoms with Gasteiger partial charge in [0.25, 0.3) is 0 Å². The molecule has 0 saturated heterocycles. The molecule has 0 aliphatic heterocycles. The Labute approximate surface area is 107 Å². The maximum atomic E-state index is 6.50. The highest BCUT2D eigenvalue weighted by molar-refractivity contribution is 5.78. The van der Waals surface area contributed by atoms with E-state index >= 15 is 0 Å². The number of benzene rings is 1. The molecular weight excluding hydrogens is 226 g/mol. The number of methoxy groups -OCH3 is 1. The molecule has 0 spiro atoms. The molecule has 0 radical (unpaired) electrons. The molecule has 1 fully saturated rings. The predicted octanol–water partition coefficient (Wildman–Crippen LogP) is 2.31. The lowest BCUT2D eigenvalue weighted by Crippen LogP contribution is -2.36. The summed E-state index contributed by atoms with van der Waals surface area (Å²) in [6.45, 7) is 0. The summed E-state index contributed by atoms with van der Waals surface area (Å²) in [6.07, 6.45) is 4.45. The molecule has 1 aliphatic carbocycles. The smallest absolute Gasteiger partial charge is 0.129 e. The molecule has 1 heterocycles. The number of rotatable bonds is 2. The van der Waals surface area contributed by atoms with Crippen LogP contribution in [0.25, 0.3) is 11.0 Å². The molecule has 1 aromatic heterocycles. The van der Waals surface area contributed by atoms with Crippen LogP contribution in [0.4, 0.5) is 0 Å². The van der Waals surface area contributed by atoms with Gasteiger partial charge in [0.05, 0.1) is 23.7 Å². The Bertz CT molecular complexity index is 582. The largest absolute Gasteiger partial charge is 0.497 e. The van der Waals surface area contributed by atoms with Crippen molar-refractivity contribution < 1.29 is 4.74 Å². The second kappa shape index (κ2) is 3.99. The third kappa shape index (κ3) is 1.60. The molecule has 2 N–H and O–H groups in total. The van der Waals surface area contributed by atoms with Crippen molar-refractivity contribution in [3.8, 4) is 5.75 Å². The average Bonchev–Trinajstić information content (AvgIpc) is 2.95. The van der Waals surface area contributed by atoms with E-state index in [-0.39, 0.29) is 5.54 Å². The summed E-state index contributed by atoms with van der Waals surface area (Å²) >= 11 is 0. The van der Waals surface area contributed by atoms with Gasteiger partial charge in [0.15, 0.2) is 0 Å². The molecule has 0 bridgehead atoms. The third-order valence-electron chi connectivity index (χ3n) is 4.03. The Hall–Kier alpha value is -1.55. The van der Waals surface area contributed by atoms with Gasteiger partial charge < -0.3 is 15.0 Å². The van der Waals surface area contributed by atoms with Crippen molar-refractivity contribution in [1.82, 2.24) is 9.55 Å². The van der Waals surface area contributed by atoms with Gasteiger partial charge in [-0.2, -0.15) is 0 Å². The van der Waals surface area contributed by atoms with E-state index < -0.39 is 0 Å². The molecule has 18 heavy (non-hydrogen) atoms. The first-order valence-corrected chi connectivity index (χ1v) is 6.44. The SMILES string of the molecule is COc1ccc2c(c1)nc(C1(N)CCCC1)n2C. The number of nitrogens with zero attached hydrogens (tertiary/aromatic N) is 2. The molecular formula is C14H19N3O. The fourth-order valence-electron chi connectivity index (χ4n) is 2.98. The Balaban J connectivity index is 2.16. The quantitative estimate of drug-likeness (QED) is 0.883. The van der Waals surface area contributed by atoms with Crippen LogP contribution in [-0.2, 0) is 12.6 Å². The van der Waals surface area contributed by atoms with E-state index in [0.717, 1.165) is 35.4 Å². The van der Waals surface area contributed by atoms with Gasteiger partial charge in [-0.1, -0.05) is 12.8 Å². The summed E-state index contributed by atoms with van der Waals surface area (Å²) in [5.74, 6) is 1.84. The lowest BCUT2D eigenvalue weighted by Gasteiger charge is -2.22. The zero-order chi connectivity index (χ0) is 12.8. The summed E-state index contributed by atoms with van der Waals surface area (Å²) in [6, 6.07) is 5.98. The van der Waals surface area contributed by atoms with Crippen LogP contribution < -0.4 is 10.5 Å². The van der Waals surface area contributed by atoms with Gasteiger partial charge in [-0.25, -0.2) is 4.98 Å². The van der Waals surface area contributed by atoms with E-state index in [1.54, 1.807) is 7.11 Å². The second-order valence-electron chi connectivity index (χ2n) is 5.21. The minimum Gasteiger partial charge on any atom is -0.497 e. The van der Waals surface area contributed by atoms with Crippen molar-refractivity contribution in [3.05, 3.63) is 24.0 Å². The molecule has 0 atom stereocenters. The molecule has 96 valence electrons. The van der Waals surface area contributed by atoms with Crippen LogP contribution in [0.15, 0.2) is 18.2 Å². The summed E-state index contributed by atoms with van der Waals surface area (Å²) in [5.41, 5.74) is 8.33. The molecule has 1 saturated carbocycles. The minimum absolute atomic E-state index is 0.249. The Morgan fingerprint density at radius 2 is 2.06 bits per heavy atom. The highest BCUT2D eigenvalue weighted by Gasteiger charge is 2.35. The molecule has 3 rings (SSSR count). The monoisotopic (exact) mass is 245 g/mol. The van der Waals surface area contributed by atoms with E-state index in [2.05, 4.69) is 4.57 Å². The molecule has 2 aromatic rings. The number of hydrogen-bond acceptors (Lipinski definition) is 3. The summed E-state index contributed by atoms with van der Waals surface area (Å²) in [7, 11) is 3.72.